The fraction of sp³-hybridized carbons (Fsp3) is 0.391. The second kappa shape index (κ2) is 6.79. The Morgan fingerprint density at radius 1 is 0.724 bits per heavy atom. The van der Waals surface area contributed by atoms with Gasteiger partial charge in [-0.15, -0.1) is 0 Å². The summed E-state index contributed by atoms with van der Waals surface area (Å²) in [5, 5.41) is 5.88. The van der Waals surface area contributed by atoms with Gasteiger partial charge in [-0.3, -0.25) is 0 Å². The third kappa shape index (κ3) is 4.36. The van der Waals surface area contributed by atoms with Crippen molar-refractivity contribution in [2.24, 2.45) is 0 Å². The number of benzene rings is 2. The maximum atomic E-state index is 12.1. The number of nitrogens with one attached hydrogen (secondary N) is 2. The molecular weight excluding hydrogens is 364 g/mol. The largest absolute Gasteiger partial charge is 0.322 e. The van der Waals surface area contributed by atoms with E-state index in [4.69, 9.17) is 0 Å². The van der Waals surface area contributed by atoms with Gasteiger partial charge in [-0.25, -0.2) is 9.59 Å². The summed E-state index contributed by atoms with van der Waals surface area (Å²) >= 11 is 0. The second-order valence-corrected chi connectivity index (χ2v) is 9.23. The van der Waals surface area contributed by atoms with Crippen LogP contribution in [0.3, 0.4) is 0 Å². The number of rotatable bonds is 4. The van der Waals surface area contributed by atoms with Crippen molar-refractivity contribution < 1.29 is 9.59 Å². The molecule has 0 radical (unpaired) electrons. The number of hydrogen-bond acceptors (Lipinski definition) is 2. The van der Waals surface area contributed by atoms with Crippen molar-refractivity contribution >= 4 is 23.4 Å². The molecular formula is C23H28N4O2. The molecule has 2 aliphatic heterocycles. The summed E-state index contributed by atoms with van der Waals surface area (Å²) in [6, 6.07) is 15.8. The van der Waals surface area contributed by atoms with Gasteiger partial charge in [0.25, 0.3) is 0 Å². The smallest absolute Gasteiger partial charge is 0.315 e. The van der Waals surface area contributed by atoms with Crippen LogP contribution in [0.1, 0.15) is 38.8 Å². The van der Waals surface area contributed by atoms with Gasteiger partial charge in [-0.05, 0) is 69.5 Å². The lowest BCUT2D eigenvalue weighted by atomic mass is 10.0. The van der Waals surface area contributed by atoms with Crippen molar-refractivity contribution in [1.29, 1.82) is 0 Å². The molecule has 0 unspecified atom stereocenters. The summed E-state index contributed by atoms with van der Waals surface area (Å²) in [5.41, 5.74) is 3.88. The van der Waals surface area contributed by atoms with Gasteiger partial charge in [0.2, 0.25) is 0 Å². The van der Waals surface area contributed by atoms with Crippen molar-refractivity contribution in [3.05, 3.63) is 59.7 Å². The molecule has 0 spiro atoms. The Balaban J connectivity index is 1.30. The molecule has 152 valence electrons. The van der Waals surface area contributed by atoms with Gasteiger partial charge in [0.05, 0.1) is 11.1 Å². The minimum absolute atomic E-state index is 0.0259. The molecule has 2 saturated heterocycles. The van der Waals surface area contributed by atoms with Crippen molar-refractivity contribution in [2.45, 2.75) is 45.2 Å². The number of anilines is 2. The average molecular weight is 393 g/mol. The molecule has 6 nitrogen and oxygen atoms in total. The number of amides is 4. The Bertz CT molecular complexity index is 855. The van der Waals surface area contributed by atoms with Gasteiger partial charge < -0.3 is 20.4 Å². The molecule has 0 bridgehead atoms. The summed E-state index contributed by atoms with van der Waals surface area (Å²) in [6.45, 7) is 9.80. The molecule has 2 aliphatic rings. The molecule has 4 rings (SSSR count). The van der Waals surface area contributed by atoms with E-state index in [1.54, 1.807) is 0 Å². The SMILES string of the molecule is CC1(C)CN1C(=O)Nc1ccc(Cc2ccc(NC(=O)N3CC3(C)C)cc2)cc1. The standard InChI is InChI=1S/C23H28N4O2/c1-22(2)14-26(22)20(28)24-18-9-5-16(6-10-18)13-17-7-11-19(12-8-17)25-21(29)27-15-23(27,3)4/h5-12H,13-15H2,1-4H3,(H,24,28)(H,25,29). The van der Waals surface area contributed by atoms with E-state index < -0.39 is 0 Å². The molecule has 0 aromatic heterocycles. The average Bonchev–Trinajstić information content (AvgIpc) is 3.52. The molecule has 0 atom stereocenters. The van der Waals surface area contributed by atoms with Crippen LogP contribution in [0.25, 0.3) is 0 Å². The van der Waals surface area contributed by atoms with Crippen molar-refractivity contribution in [3.63, 3.8) is 0 Å². The van der Waals surface area contributed by atoms with Crippen LogP contribution in [0.15, 0.2) is 48.5 Å². The highest BCUT2D eigenvalue weighted by atomic mass is 16.2. The van der Waals surface area contributed by atoms with Crippen molar-refractivity contribution in [3.8, 4) is 0 Å². The fourth-order valence-corrected chi connectivity index (χ4v) is 3.43. The second-order valence-electron chi connectivity index (χ2n) is 9.23. The van der Waals surface area contributed by atoms with E-state index in [2.05, 4.69) is 38.3 Å². The van der Waals surface area contributed by atoms with Crippen LogP contribution in [0, 0.1) is 0 Å². The lowest BCUT2D eigenvalue weighted by molar-refractivity contribution is 0.235. The lowest BCUT2D eigenvalue weighted by Crippen LogP contribution is -2.23. The third-order valence-electron chi connectivity index (χ3n) is 5.65. The van der Waals surface area contributed by atoms with E-state index in [0.717, 1.165) is 42.0 Å². The van der Waals surface area contributed by atoms with Crippen LogP contribution in [0.2, 0.25) is 0 Å². The first-order valence-electron chi connectivity index (χ1n) is 9.99. The third-order valence-corrected chi connectivity index (χ3v) is 5.65. The zero-order valence-corrected chi connectivity index (χ0v) is 17.5. The molecule has 0 saturated carbocycles. The molecule has 2 N–H and O–H groups in total. The van der Waals surface area contributed by atoms with Crippen LogP contribution in [-0.4, -0.2) is 46.0 Å². The maximum absolute atomic E-state index is 12.1. The minimum Gasteiger partial charge on any atom is -0.315 e. The molecule has 2 aromatic rings. The fourth-order valence-electron chi connectivity index (χ4n) is 3.43. The van der Waals surface area contributed by atoms with Crippen LogP contribution in [-0.2, 0) is 6.42 Å². The Hall–Kier alpha value is -3.02. The zero-order chi connectivity index (χ0) is 20.8. The van der Waals surface area contributed by atoms with Crippen LogP contribution < -0.4 is 10.6 Å². The highest BCUT2D eigenvalue weighted by Gasteiger charge is 2.47. The number of carbonyl (C=O) groups excluding carboxylic acids is 2. The molecule has 4 amide bonds. The highest BCUT2D eigenvalue weighted by Crippen LogP contribution is 2.32. The van der Waals surface area contributed by atoms with Gasteiger partial charge in [0.1, 0.15) is 0 Å². The summed E-state index contributed by atoms with van der Waals surface area (Å²) < 4.78 is 0. The van der Waals surface area contributed by atoms with Crippen LogP contribution in [0.5, 0.6) is 0 Å². The summed E-state index contributed by atoms with van der Waals surface area (Å²) in [5.74, 6) is 0. The van der Waals surface area contributed by atoms with Gasteiger partial charge >= 0.3 is 12.1 Å². The van der Waals surface area contributed by atoms with E-state index in [9.17, 15) is 9.59 Å². The van der Waals surface area contributed by atoms with Crippen LogP contribution >= 0.6 is 0 Å². The predicted octanol–water partition coefficient (Wildman–Crippen LogP) is 4.53. The van der Waals surface area contributed by atoms with Crippen LogP contribution in [0.4, 0.5) is 21.0 Å². The first-order valence-corrected chi connectivity index (χ1v) is 9.99. The summed E-state index contributed by atoms with van der Waals surface area (Å²) in [7, 11) is 0. The summed E-state index contributed by atoms with van der Waals surface area (Å²) in [4.78, 5) is 27.9. The molecule has 2 aromatic carbocycles. The van der Waals surface area contributed by atoms with E-state index in [1.165, 1.54) is 0 Å². The van der Waals surface area contributed by atoms with E-state index in [1.807, 2.05) is 58.3 Å². The van der Waals surface area contributed by atoms with Gasteiger partial charge in [-0.2, -0.15) is 0 Å². The maximum Gasteiger partial charge on any atom is 0.322 e. The Morgan fingerprint density at radius 2 is 1.03 bits per heavy atom. The van der Waals surface area contributed by atoms with Crippen molar-refractivity contribution in [1.82, 2.24) is 9.80 Å². The minimum atomic E-state index is -0.0497. The molecule has 2 heterocycles. The molecule has 0 aliphatic carbocycles. The van der Waals surface area contributed by atoms with E-state index >= 15 is 0 Å². The number of urea groups is 2. The van der Waals surface area contributed by atoms with Gasteiger partial charge in [-0.1, -0.05) is 24.3 Å². The molecule has 29 heavy (non-hydrogen) atoms. The Labute approximate surface area is 171 Å². The number of carbonyl (C=O) groups is 2. The summed E-state index contributed by atoms with van der Waals surface area (Å²) in [6.07, 6.45) is 0.792. The molecule has 6 heteroatoms. The topological polar surface area (TPSA) is 64.2 Å². The molecule has 2 fully saturated rings. The highest BCUT2D eigenvalue weighted by molar-refractivity contribution is 5.92. The normalized spacial score (nSPS) is 18.2. The first kappa shape index (κ1) is 19.3. The van der Waals surface area contributed by atoms with Gasteiger partial charge in [0.15, 0.2) is 0 Å². The van der Waals surface area contributed by atoms with E-state index in [-0.39, 0.29) is 23.1 Å². The monoisotopic (exact) mass is 392 g/mol. The Kier molecular flexibility index (Phi) is 4.52. The predicted molar refractivity (Wildman–Crippen MR) is 115 cm³/mol. The number of hydrogen-bond donors (Lipinski definition) is 2. The first-order chi connectivity index (χ1) is 13.6. The zero-order valence-electron chi connectivity index (χ0n) is 17.5. The Morgan fingerprint density at radius 3 is 1.31 bits per heavy atom. The lowest BCUT2D eigenvalue weighted by Gasteiger charge is -2.11. The van der Waals surface area contributed by atoms with Crippen molar-refractivity contribution in [2.75, 3.05) is 23.7 Å². The quantitative estimate of drug-likeness (QED) is 0.751. The number of nitrogens with zero attached hydrogens (tertiary/aromatic N) is 2. The van der Waals surface area contributed by atoms with E-state index in [0.29, 0.717) is 0 Å². The van der Waals surface area contributed by atoms with Gasteiger partial charge in [0, 0.05) is 24.5 Å².